The van der Waals surface area contributed by atoms with Crippen LogP contribution in [-0.2, 0) is 12.0 Å². The normalized spacial score (nSPS) is 21.1. The molecule has 5 heterocycles. The fourth-order valence-electron chi connectivity index (χ4n) is 5.04. The number of likely N-dealkylation sites (tertiary alicyclic amines) is 1. The van der Waals surface area contributed by atoms with Crippen molar-refractivity contribution in [2.45, 2.75) is 52.0 Å². The first-order chi connectivity index (χ1) is 14.0. The van der Waals surface area contributed by atoms with Crippen molar-refractivity contribution < 1.29 is 4.79 Å². The summed E-state index contributed by atoms with van der Waals surface area (Å²) in [5, 5.41) is 9.04. The highest BCUT2D eigenvalue weighted by atomic mass is 16.2. The third kappa shape index (κ3) is 2.82. The van der Waals surface area contributed by atoms with Crippen LogP contribution in [-0.4, -0.2) is 50.3 Å². The molecule has 2 aliphatic heterocycles. The fraction of sp³-hybridized carbons (Fsp3) is 0.500. The molecule has 0 aliphatic carbocycles. The van der Waals surface area contributed by atoms with Gasteiger partial charge < -0.3 is 15.2 Å². The van der Waals surface area contributed by atoms with Crippen LogP contribution in [0.25, 0.3) is 22.3 Å². The maximum atomic E-state index is 12.3. The molecular weight excluding hydrogens is 364 g/mol. The molecule has 152 valence electrons. The van der Waals surface area contributed by atoms with Gasteiger partial charge in [-0.25, -0.2) is 9.78 Å². The number of urea groups is 1. The molecule has 7 nitrogen and oxygen atoms in total. The van der Waals surface area contributed by atoms with Crippen LogP contribution in [0.3, 0.4) is 0 Å². The van der Waals surface area contributed by atoms with E-state index < -0.39 is 0 Å². The number of aryl methyl sites for hydroxylation is 3. The van der Waals surface area contributed by atoms with E-state index in [0.29, 0.717) is 6.54 Å². The number of aromatic amines is 1. The summed E-state index contributed by atoms with van der Waals surface area (Å²) in [6, 6.07) is 4.48. The van der Waals surface area contributed by atoms with E-state index in [-0.39, 0.29) is 11.4 Å². The minimum atomic E-state index is 0.0205. The third-order valence-corrected chi connectivity index (χ3v) is 6.77. The number of carbonyl (C=O) groups is 1. The lowest BCUT2D eigenvalue weighted by molar-refractivity contribution is 0.203. The highest BCUT2D eigenvalue weighted by Gasteiger charge is 2.45. The summed E-state index contributed by atoms with van der Waals surface area (Å²) in [7, 11) is 0. The van der Waals surface area contributed by atoms with E-state index in [9.17, 15) is 4.79 Å². The zero-order valence-corrected chi connectivity index (χ0v) is 17.4. The summed E-state index contributed by atoms with van der Waals surface area (Å²) in [5.41, 5.74) is 6.64. The highest BCUT2D eigenvalue weighted by molar-refractivity contribution is 5.85. The van der Waals surface area contributed by atoms with E-state index in [2.05, 4.69) is 45.9 Å². The molecule has 1 unspecified atom stereocenters. The van der Waals surface area contributed by atoms with Crippen LogP contribution < -0.4 is 5.32 Å². The Morgan fingerprint density at radius 1 is 1.28 bits per heavy atom. The highest BCUT2D eigenvalue weighted by Crippen LogP contribution is 2.43. The van der Waals surface area contributed by atoms with Crippen LogP contribution in [0.1, 0.15) is 43.1 Å². The number of nitrogens with zero attached hydrogens (tertiary/aromatic N) is 4. The van der Waals surface area contributed by atoms with Gasteiger partial charge in [0.25, 0.3) is 0 Å². The first kappa shape index (κ1) is 18.2. The predicted octanol–water partition coefficient (Wildman–Crippen LogP) is 3.51. The minimum Gasteiger partial charge on any atom is -0.343 e. The molecule has 3 aromatic rings. The Bertz CT molecular complexity index is 1100. The van der Waals surface area contributed by atoms with Gasteiger partial charge in [0.05, 0.1) is 5.69 Å². The molecule has 29 heavy (non-hydrogen) atoms. The van der Waals surface area contributed by atoms with Crippen LogP contribution in [0.2, 0.25) is 0 Å². The van der Waals surface area contributed by atoms with Gasteiger partial charge in [0.1, 0.15) is 5.65 Å². The van der Waals surface area contributed by atoms with Gasteiger partial charge in [0, 0.05) is 60.1 Å². The molecule has 0 saturated carbocycles. The SMILES string of the molecule is CCNC(=O)N1CCC2(CCCn3nc(-c4cnc5[nH]c(C)c(C)c5c4)cc32)C1. The molecule has 1 spiro atoms. The van der Waals surface area contributed by atoms with Gasteiger partial charge in [-0.2, -0.15) is 5.10 Å². The number of hydrogen-bond acceptors (Lipinski definition) is 3. The molecule has 1 fully saturated rings. The summed E-state index contributed by atoms with van der Waals surface area (Å²) >= 11 is 0. The molecule has 2 aliphatic rings. The molecular formula is C22H28N6O. The van der Waals surface area contributed by atoms with E-state index in [4.69, 9.17) is 5.10 Å². The van der Waals surface area contributed by atoms with Crippen molar-refractivity contribution in [2.24, 2.45) is 0 Å². The van der Waals surface area contributed by atoms with Gasteiger partial charge in [-0.05, 0) is 57.7 Å². The lowest BCUT2D eigenvalue weighted by Crippen LogP contribution is -2.42. The van der Waals surface area contributed by atoms with Crippen molar-refractivity contribution in [2.75, 3.05) is 19.6 Å². The van der Waals surface area contributed by atoms with Crippen LogP contribution in [0.15, 0.2) is 18.3 Å². The summed E-state index contributed by atoms with van der Waals surface area (Å²) in [6.45, 7) is 9.36. The molecule has 1 saturated heterocycles. The van der Waals surface area contributed by atoms with Crippen LogP contribution in [0.5, 0.6) is 0 Å². The molecule has 0 radical (unpaired) electrons. The molecule has 2 amide bonds. The summed E-state index contributed by atoms with van der Waals surface area (Å²) in [6.07, 6.45) is 5.13. The smallest absolute Gasteiger partial charge is 0.317 e. The van der Waals surface area contributed by atoms with Crippen molar-refractivity contribution >= 4 is 17.1 Å². The van der Waals surface area contributed by atoms with Gasteiger partial charge in [-0.3, -0.25) is 4.68 Å². The standard InChI is InChI=1S/C22H28N6O/c1-4-23-21(29)27-9-7-22(13-27)6-5-8-28-19(22)11-18(26-28)16-10-17-14(2)15(3)25-20(17)24-12-16/h10-12H,4-9,13H2,1-3H3,(H,23,29)(H,24,25). The first-order valence-electron chi connectivity index (χ1n) is 10.6. The molecule has 3 aromatic heterocycles. The van der Waals surface area contributed by atoms with Crippen molar-refractivity contribution in [3.63, 3.8) is 0 Å². The number of hydrogen-bond donors (Lipinski definition) is 2. The number of fused-ring (bicyclic) bond motifs is 3. The van der Waals surface area contributed by atoms with E-state index >= 15 is 0 Å². The molecule has 5 rings (SSSR count). The Morgan fingerprint density at radius 2 is 2.14 bits per heavy atom. The van der Waals surface area contributed by atoms with E-state index in [1.165, 1.54) is 11.3 Å². The Kier molecular flexibility index (Phi) is 4.15. The molecule has 0 bridgehead atoms. The summed E-state index contributed by atoms with van der Waals surface area (Å²) in [5.74, 6) is 0. The minimum absolute atomic E-state index is 0.0205. The van der Waals surface area contributed by atoms with Gasteiger partial charge in [0.15, 0.2) is 0 Å². The Balaban J connectivity index is 1.51. The van der Waals surface area contributed by atoms with Crippen LogP contribution >= 0.6 is 0 Å². The molecule has 1 atom stereocenters. The van der Waals surface area contributed by atoms with E-state index in [1.807, 2.05) is 18.0 Å². The van der Waals surface area contributed by atoms with E-state index in [1.54, 1.807) is 0 Å². The van der Waals surface area contributed by atoms with Crippen LogP contribution in [0, 0.1) is 13.8 Å². The first-order valence-corrected chi connectivity index (χ1v) is 10.6. The molecule has 2 N–H and O–H groups in total. The summed E-state index contributed by atoms with van der Waals surface area (Å²) in [4.78, 5) is 22.3. The Hall–Kier alpha value is -2.83. The second-order valence-electron chi connectivity index (χ2n) is 8.52. The topological polar surface area (TPSA) is 78.8 Å². The lowest BCUT2D eigenvalue weighted by Gasteiger charge is -2.34. The average Bonchev–Trinajstić information content (AvgIpc) is 3.40. The monoisotopic (exact) mass is 392 g/mol. The fourth-order valence-corrected chi connectivity index (χ4v) is 5.04. The van der Waals surface area contributed by atoms with Gasteiger partial charge in [-0.1, -0.05) is 0 Å². The number of aromatic nitrogens is 4. The lowest BCUT2D eigenvalue weighted by atomic mass is 9.77. The molecule has 0 aromatic carbocycles. The Labute approximate surface area is 170 Å². The second-order valence-corrected chi connectivity index (χ2v) is 8.52. The van der Waals surface area contributed by atoms with Crippen molar-refractivity contribution in [1.82, 2.24) is 30.0 Å². The quantitative estimate of drug-likeness (QED) is 0.700. The largest absolute Gasteiger partial charge is 0.343 e. The number of H-pyrrole nitrogens is 1. The number of amides is 2. The summed E-state index contributed by atoms with van der Waals surface area (Å²) < 4.78 is 2.17. The van der Waals surface area contributed by atoms with Gasteiger partial charge in [-0.15, -0.1) is 0 Å². The second kappa shape index (κ2) is 6.61. The maximum Gasteiger partial charge on any atom is 0.317 e. The number of nitrogens with one attached hydrogen (secondary N) is 2. The zero-order chi connectivity index (χ0) is 20.2. The van der Waals surface area contributed by atoms with E-state index in [0.717, 1.165) is 66.9 Å². The van der Waals surface area contributed by atoms with Gasteiger partial charge in [0.2, 0.25) is 0 Å². The van der Waals surface area contributed by atoms with Crippen molar-refractivity contribution in [1.29, 1.82) is 0 Å². The maximum absolute atomic E-state index is 12.3. The zero-order valence-electron chi connectivity index (χ0n) is 17.4. The predicted molar refractivity (Wildman–Crippen MR) is 113 cm³/mol. The van der Waals surface area contributed by atoms with Crippen LogP contribution in [0.4, 0.5) is 4.79 Å². The number of carbonyl (C=O) groups excluding carboxylic acids is 1. The number of pyridine rings is 1. The molecule has 7 heteroatoms. The van der Waals surface area contributed by atoms with Crippen molar-refractivity contribution in [3.05, 3.63) is 35.3 Å². The number of rotatable bonds is 2. The Morgan fingerprint density at radius 3 is 2.97 bits per heavy atom. The van der Waals surface area contributed by atoms with Gasteiger partial charge >= 0.3 is 6.03 Å². The average molecular weight is 393 g/mol. The third-order valence-electron chi connectivity index (χ3n) is 6.77. The van der Waals surface area contributed by atoms with Crippen molar-refractivity contribution in [3.8, 4) is 11.3 Å².